The number of halogens is 1. The molecule has 5 nitrogen and oxygen atoms in total. The van der Waals surface area contributed by atoms with Gasteiger partial charge in [0.05, 0.1) is 7.11 Å². The lowest BCUT2D eigenvalue weighted by atomic mass is 10.1. The minimum Gasteiger partial charge on any atom is -0.494 e. The first-order valence-corrected chi connectivity index (χ1v) is 5.73. The maximum Gasteiger partial charge on any atom is 0.323 e. The van der Waals surface area contributed by atoms with E-state index in [1.807, 2.05) is 0 Å². The molecular weight excluding hydrogens is 253 g/mol. The van der Waals surface area contributed by atoms with Crippen LogP contribution >= 0.6 is 0 Å². The molecule has 0 bridgehead atoms. The topological polar surface area (TPSA) is 66.8 Å². The lowest BCUT2D eigenvalue weighted by Crippen LogP contribution is -2.40. The molecule has 0 aliphatic heterocycles. The standard InChI is InChI=1S/C13H16FNO4/c1-8(2)15(7-12(16)17)13(18)9-4-5-11(19-3)10(14)6-9/h4-6,8H,7H2,1-3H3,(H,16,17). The number of aliphatic carboxylic acids is 1. The second kappa shape index (κ2) is 6.17. The summed E-state index contributed by atoms with van der Waals surface area (Å²) in [5.74, 6) is -2.27. The van der Waals surface area contributed by atoms with E-state index in [1.165, 1.54) is 19.2 Å². The molecule has 19 heavy (non-hydrogen) atoms. The molecule has 0 atom stereocenters. The van der Waals surface area contributed by atoms with Gasteiger partial charge in [0.2, 0.25) is 0 Å². The molecule has 0 spiro atoms. The van der Waals surface area contributed by atoms with Crippen LogP contribution in [0.2, 0.25) is 0 Å². The maximum atomic E-state index is 13.5. The van der Waals surface area contributed by atoms with E-state index in [4.69, 9.17) is 9.84 Å². The van der Waals surface area contributed by atoms with E-state index in [-0.39, 0.29) is 17.4 Å². The second-order valence-electron chi connectivity index (χ2n) is 4.27. The zero-order valence-electron chi connectivity index (χ0n) is 11.0. The number of rotatable bonds is 5. The van der Waals surface area contributed by atoms with Gasteiger partial charge in [0.15, 0.2) is 11.6 Å². The average Bonchev–Trinajstić information content (AvgIpc) is 2.34. The Morgan fingerprint density at radius 3 is 2.47 bits per heavy atom. The van der Waals surface area contributed by atoms with Gasteiger partial charge >= 0.3 is 5.97 Å². The monoisotopic (exact) mass is 269 g/mol. The molecule has 0 aromatic heterocycles. The quantitative estimate of drug-likeness (QED) is 0.884. The van der Waals surface area contributed by atoms with E-state index < -0.39 is 24.2 Å². The Balaban J connectivity index is 3.03. The van der Waals surface area contributed by atoms with Crippen LogP contribution in [-0.4, -0.2) is 41.6 Å². The third-order valence-electron chi connectivity index (χ3n) is 2.59. The third kappa shape index (κ3) is 3.67. The Morgan fingerprint density at radius 1 is 1.42 bits per heavy atom. The number of carboxylic acids is 1. The number of benzene rings is 1. The zero-order chi connectivity index (χ0) is 14.6. The number of carbonyl (C=O) groups excluding carboxylic acids is 1. The number of carbonyl (C=O) groups is 2. The number of amides is 1. The number of methoxy groups -OCH3 is 1. The molecule has 1 aromatic carbocycles. The molecule has 6 heteroatoms. The van der Waals surface area contributed by atoms with Crippen molar-refractivity contribution in [2.45, 2.75) is 19.9 Å². The van der Waals surface area contributed by atoms with Gasteiger partial charge in [0.25, 0.3) is 5.91 Å². The van der Waals surface area contributed by atoms with E-state index in [2.05, 4.69) is 0 Å². The summed E-state index contributed by atoms with van der Waals surface area (Å²) in [7, 11) is 1.32. The van der Waals surface area contributed by atoms with Gasteiger partial charge in [-0.25, -0.2) is 4.39 Å². The van der Waals surface area contributed by atoms with Crippen molar-refractivity contribution in [2.24, 2.45) is 0 Å². The fourth-order valence-corrected chi connectivity index (χ4v) is 1.60. The van der Waals surface area contributed by atoms with Crippen molar-refractivity contribution in [3.05, 3.63) is 29.6 Å². The normalized spacial score (nSPS) is 10.4. The number of nitrogens with zero attached hydrogens (tertiary/aromatic N) is 1. The molecule has 0 unspecified atom stereocenters. The van der Waals surface area contributed by atoms with Crippen LogP contribution in [0.15, 0.2) is 18.2 Å². The summed E-state index contributed by atoms with van der Waals surface area (Å²) in [6.07, 6.45) is 0. The predicted molar refractivity (Wildman–Crippen MR) is 66.8 cm³/mol. The highest BCUT2D eigenvalue weighted by atomic mass is 19.1. The van der Waals surface area contributed by atoms with Crippen molar-refractivity contribution >= 4 is 11.9 Å². The first-order chi connectivity index (χ1) is 8.86. The van der Waals surface area contributed by atoms with Gasteiger partial charge in [0.1, 0.15) is 6.54 Å². The van der Waals surface area contributed by atoms with E-state index in [1.54, 1.807) is 13.8 Å². The summed E-state index contributed by atoms with van der Waals surface area (Å²) >= 11 is 0. The Kier molecular flexibility index (Phi) is 4.86. The Bertz CT molecular complexity index is 488. The van der Waals surface area contributed by atoms with Crippen LogP contribution in [0.3, 0.4) is 0 Å². The highest BCUT2D eigenvalue weighted by Gasteiger charge is 2.22. The summed E-state index contributed by atoms with van der Waals surface area (Å²) in [4.78, 5) is 24.0. The van der Waals surface area contributed by atoms with Crippen molar-refractivity contribution < 1.29 is 23.8 Å². The largest absolute Gasteiger partial charge is 0.494 e. The third-order valence-corrected chi connectivity index (χ3v) is 2.59. The van der Waals surface area contributed by atoms with Gasteiger partial charge < -0.3 is 14.7 Å². The van der Waals surface area contributed by atoms with Crippen molar-refractivity contribution in [1.82, 2.24) is 4.90 Å². The minimum absolute atomic E-state index is 0.0332. The molecule has 0 aliphatic carbocycles. The van der Waals surface area contributed by atoms with Gasteiger partial charge in [-0.05, 0) is 32.0 Å². The number of hydrogen-bond donors (Lipinski definition) is 1. The average molecular weight is 269 g/mol. The first-order valence-electron chi connectivity index (χ1n) is 5.73. The first kappa shape index (κ1) is 14.9. The SMILES string of the molecule is COc1ccc(C(=O)N(CC(=O)O)C(C)C)cc1F. The highest BCUT2D eigenvalue weighted by Crippen LogP contribution is 2.19. The molecule has 0 fully saturated rings. The molecule has 0 radical (unpaired) electrons. The molecule has 0 heterocycles. The lowest BCUT2D eigenvalue weighted by molar-refractivity contribution is -0.138. The van der Waals surface area contributed by atoms with Crippen LogP contribution in [0.1, 0.15) is 24.2 Å². The van der Waals surface area contributed by atoms with Crippen molar-refractivity contribution in [1.29, 1.82) is 0 Å². The minimum atomic E-state index is -1.11. The van der Waals surface area contributed by atoms with Crippen LogP contribution in [0.25, 0.3) is 0 Å². The summed E-state index contributed by atoms with van der Waals surface area (Å²) in [5.41, 5.74) is 0.0910. The fourth-order valence-electron chi connectivity index (χ4n) is 1.60. The van der Waals surface area contributed by atoms with Crippen molar-refractivity contribution in [3.63, 3.8) is 0 Å². The van der Waals surface area contributed by atoms with Crippen molar-refractivity contribution in [2.75, 3.05) is 13.7 Å². The van der Waals surface area contributed by atoms with Crippen molar-refractivity contribution in [3.8, 4) is 5.75 Å². The second-order valence-corrected chi connectivity index (χ2v) is 4.27. The van der Waals surface area contributed by atoms with Crippen LogP contribution in [-0.2, 0) is 4.79 Å². The smallest absolute Gasteiger partial charge is 0.323 e. The summed E-state index contributed by atoms with van der Waals surface area (Å²) < 4.78 is 18.3. The molecule has 0 aliphatic rings. The number of ether oxygens (including phenoxy) is 1. The molecule has 0 saturated carbocycles. The predicted octanol–water partition coefficient (Wildman–Crippen LogP) is 1.77. The summed E-state index contributed by atoms with van der Waals surface area (Å²) in [6.45, 7) is 2.96. The lowest BCUT2D eigenvalue weighted by Gasteiger charge is -2.25. The number of hydrogen-bond acceptors (Lipinski definition) is 3. The molecular formula is C13H16FNO4. The van der Waals surface area contributed by atoms with Gasteiger partial charge in [-0.15, -0.1) is 0 Å². The van der Waals surface area contributed by atoms with E-state index in [9.17, 15) is 14.0 Å². The van der Waals surface area contributed by atoms with Crippen LogP contribution < -0.4 is 4.74 Å². The Morgan fingerprint density at radius 2 is 2.05 bits per heavy atom. The Hall–Kier alpha value is -2.11. The Labute approximate surface area is 110 Å². The maximum absolute atomic E-state index is 13.5. The molecule has 1 amide bonds. The fraction of sp³-hybridized carbons (Fsp3) is 0.385. The van der Waals surface area contributed by atoms with E-state index in [0.29, 0.717) is 0 Å². The van der Waals surface area contributed by atoms with Crippen LogP contribution in [0.5, 0.6) is 5.75 Å². The van der Waals surface area contributed by atoms with Gasteiger partial charge in [0, 0.05) is 11.6 Å². The molecule has 104 valence electrons. The number of carboxylic acid groups (broad SMARTS) is 1. The van der Waals surface area contributed by atoms with E-state index in [0.717, 1.165) is 11.0 Å². The summed E-state index contributed by atoms with van der Waals surface area (Å²) in [5, 5.41) is 8.78. The van der Waals surface area contributed by atoms with Gasteiger partial charge in [-0.2, -0.15) is 0 Å². The van der Waals surface area contributed by atoms with Gasteiger partial charge in [-0.1, -0.05) is 0 Å². The van der Waals surface area contributed by atoms with E-state index >= 15 is 0 Å². The zero-order valence-corrected chi connectivity index (χ0v) is 11.0. The molecule has 1 N–H and O–H groups in total. The molecule has 0 saturated heterocycles. The molecule has 1 aromatic rings. The van der Waals surface area contributed by atoms with Crippen LogP contribution in [0.4, 0.5) is 4.39 Å². The molecule has 1 rings (SSSR count). The van der Waals surface area contributed by atoms with Gasteiger partial charge in [-0.3, -0.25) is 9.59 Å². The summed E-state index contributed by atoms with van der Waals surface area (Å²) in [6, 6.07) is 3.48. The van der Waals surface area contributed by atoms with Crippen LogP contribution in [0, 0.1) is 5.82 Å². The highest BCUT2D eigenvalue weighted by molar-refractivity contribution is 5.96.